The van der Waals surface area contributed by atoms with Crippen LogP contribution < -0.4 is 4.90 Å². The first-order valence-electron chi connectivity index (χ1n) is 19.2. The molecule has 2 saturated heterocycles. The first-order valence-corrected chi connectivity index (χ1v) is 19.6. The van der Waals surface area contributed by atoms with Crippen molar-refractivity contribution in [3.05, 3.63) is 101 Å². The van der Waals surface area contributed by atoms with Crippen molar-refractivity contribution in [2.45, 2.75) is 122 Å². The van der Waals surface area contributed by atoms with E-state index in [0.29, 0.717) is 12.8 Å². The summed E-state index contributed by atoms with van der Waals surface area (Å²) in [7, 11) is -0.252. The second-order valence-electron chi connectivity index (χ2n) is 16.7. The minimum Gasteiger partial charge on any atom is -0.403 e. The number of piperazine rings is 1. The van der Waals surface area contributed by atoms with E-state index in [1.54, 1.807) is 0 Å². The average molecular weight is 730 g/mol. The Morgan fingerprint density at radius 3 is 1.94 bits per heavy atom. The van der Waals surface area contributed by atoms with Gasteiger partial charge in [0.15, 0.2) is 6.29 Å². The molecular weight excluding hydrogens is 669 g/mol. The molecule has 2 unspecified atom stereocenters. The number of aliphatic hydroxyl groups excluding tert-OH is 1. The molecule has 5 rings (SSSR count). The molecule has 0 aromatic heterocycles. The van der Waals surface area contributed by atoms with Crippen LogP contribution in [0.3, 0.4) is 0 Å². The van der Waals surface area contributed by atoms with Gasteiger partial charge >= 0.3 is 7.12 Å². The second kappa shape index (κ2) is 17.2. The SMILES string of the molecule is Cc1ccc(N2CCN(CCCC(CCCCB3OC(C)(C)C(C)(C)O3)(N=C(c3ccccc3)c3ccccc3)C(O)OC(C)(C)C)CC2)cc1Cl. The third kappa shape index (κ3) is 10.5. The molecule has 3 aromatic carbocycles. The molecular formula is C43H61BClN3O4. The maximum atomic E-state index is 12.2. The zero-order valence-electron chi connectivity index (χ0n) is 32.8. The summed E-state index contributed by atoms with van der Waals surface area (Å²) in [5, 5.41) is 13.0. The molecule has 2 fully saturated rings. The summed E-state index contributed by atoms with van der Waals surface area (Å²) in [6.07, 6.45) is 3.62. The highest BCUT2D eigenvalue weighted by Gasteiger charge is 2.50. The van der Waals surface area contributed by atoms with Crippen molar-refractivity contribution in [3.63, 3.8) is 0 Å². The van der Waals surface area contributed by atoms with Crippen LogP contribution in [0.1, 0.15) is 97.3 Å². The quantitative estimate of drug-likeness (QED) is 0.0729. The third-order valence-corrected chi connectivity index (χ3v) is 11.3. The summed E-state index contributed by atoms with van der Waals surface area (Å²) in [5.74, 6) is 0. The number of aryl methyl sites for hydroxylation is 1. The number of halogens is 1. The van der Waals surface area contributed by atoms with Gasteiger partial charge < -0.3 is 24.1 Å². The fourth-order valence-corrected chi connectivity index (χ4v) is 7.31. The maximum Gasteiger partial charge on any atom is 0.457 e. The van der Waals surface area contributed by atoms with Gasteiger partial charge in [-0.25, -0.2) is 0 Å². The summed E-state index contributed by atoms with van der Waals surface area (Å²) < 4.78 is 19.1. The van der Waals surface area contributed by atoms with Crippen molar-refractivity contribution >= 4 is 30.1 Å². The zero-order valence-corrected chi connectivity index (χ0v) is 33.6. The first kappa shape index (κ1) is 40.5. The zero-order chi connectivity index (χ0) is 37.6. The molecule has 0 saturated carbocycles. The summed E-state index contributed by atoms with van der Waals surface area (Å²) in [6.45, 7) is 21.2. The Morgan fingerprint density at radius 1 is 0.846 bits per heavy atom. The Bertz CT molecular complexity index is 1550. The predicted molar refractivity (Wildman–Crippen MR) is 217 cm³/mol. The molecule has 0 amide bonds. The standard InChI is InChI=1S/C43H61BClN3O4/c1-33-22-23-36(32-37(33)45)48-30-28-47(29-31-48)27-17-25-43(39(49)50-40(2,3)4,24-15-16-26-44-51-41(5,6)42(7,8)52-44)46-38(34-18-11-9-12-19-34)35-20-13-10-14-21-35/h9-14,18-23,32,39,49H,15-17,24-31H2,1-8H3. The van der Waals surface area contributed by atoms with Crippen LogP contribution in [-0.2, 0) is 14.0 Å². The first-order chi connectivity index (χ1) is 24.6. The highest BCUT2D eigenvalue weighted by molar-refractivity contribution is 6.45. The normalized spacial score (nSPS) is 19.3. The molecule has 52 heavy (non-hydrogen) atoms. The lowest BCUT2D eigenvalue weighted by Crippen LogP contribution is -2.49. The Kier molecular flexibility index (Phi) is 13.4. The van der Waals surface area contributed by atoms with E-state index in [2.05, 4.69) is 80.0 Å². The number of rotatable bonds is 15. The van der Waals surface area contributed by atoms with E-state index in [0.717, 1.165) is 85.7 Å². The van der Waals surface area contributed by atoms with E-state index < -0.39 is 17.4 Å². The molecule has 7 nitrogen and oxygen atoms in total. The van der Waals surface area contributed by atoms with Gasteiger partial charge in [0.05, 0.1) is 22.5 Å². The van der Waals surface area contributed by atoms with Gasteiger partial charge in [0.1, 0.15) is 5.54 Å². The summed E-state index contributed by atoms with van der Waals surface area (Å²) in [5.41, 5.74) is 3.03. The molecule has 0 spiro atoms. The Hall–Kier alpha value is -2.72. The van der Waals surface area contributed by atoms with Crippen LogP contribution in [0, 0.1) is 6.92 Å². The van der Waals surface area contributed by atoms with Gasteiger partial charge in [0, 0.05) is 48.0 Å². The van der Waals surface area contributed by atoms with Gasteiger partial charge in [-0.15, -0.1) is 0 Å². The largest absolute Gasteiger partial charge is 0.457 e. The smallest absolute Gasteiger partial charge is 0.403 e. The number of hydrogen-bond acceptors (Lipinski definition) is 7. The number of benzene rings is 3. The van der Waals surface area contributed by atoms with E-state index in [1.165, 1.54) is 5.69 Å². The third-order valence-electron chi connectivity index (χ3n) is 10.9. The van der Waals surface area contributed by atoms with E-state index in [4.69, 9.17) is 30.6 Å². The van der Waals surface area contributed by atoms with Crippen molar-refractivity contribution in [3.8, 4) is 0 Å². The molecule has 3 aromatic rings. The lowest BCUT2D eigenvalue weighted by molar-refractivity contribution is -0.201. The minimum atomic E-state index is -1.10. The number of anilines is 1. The summed E-state index contributed by atoms with van der Waals surface area (Å²) in [4.78, 5) is 10.6. The van der Waals surface area contributed by atoms with Gasteiger partial charge in [0.25, 0.3) is 0 Å². The molecule has 2 aliphatic rings. The maximum absolute atomic E-state index is 12.2. The van der Waals surface area contributed by atoms with E-state index in [9.17, 15) is 5.11 Å². The van der Waals surface area contributed by atoms with E-state index in [1.807, 2.05) is 64.1 Å². The van der Waals surface area contributed by atoms with Crippen molar-refractivity contribution in [1.82, 2.24) is 4.90 Å². The molecule has 282 valence electrons. The average Bonchev–Trinajstić information content (AvgIpc) is 3.31. The van der Waals surface area contributed by atoms with Crippen molar-refractivity contribution < 1.29 is 19.2 Å². The lowest BCUT2D eigenvalue weighted by Gasteiger charge is -2.40. The second-order valence-corrected chi connectivity index (χ2v) is 17.1. The monoisotopic (exact) mass is 729 g/mol. The van der Waals surface area contributed by atoms with Gasteiger partial charge in [-0.2, -0.15) is 0 Å². The van der Waals surface area contributed by atoms with E-state index in [-0.39, 0.29) is 18.3 Å². The van der Waals surface area contributed by atoms with Crippen LogP contribution in [0.25, 0.3) is 0 Å². The topological polar surface area (TPSA) is 66.8 Å². The fraction of sp³-hybridized carbons (Fsp3) is 0.558. The van der Waals surface area contributed by atoms with Gasteiger partial charge in [-0.05, 0) is 105 Å². The van der Waals surface area contributed by atoms with Crippen molar-refractivity contribution in [2.24, 2.45) is 4.99 Å². The molecule has 0 aliphatic carbocycles. The van der Waals surface area contributed by atoms with Crippen LogP contribution in [0.15, 0.2) is 83.9 Å². The number of unbranched alkanes of at least 4 members (excludes halogenated alkanes) is 1. The molecule has 1 N–H and O–H groups in total. The fourth-order valence-electron chi connectivity index (χ4n) is 7.14. The highest BCUT2D eigenvalue weighted by Crippen LogP contribution is 2.39. The molecule has 0 radical (unpaired) electrons. The molecule has 2 aliphatic heterocycles. The van der Waals surface area contributed by atoms with Crippen LogP contribution in [0.4, 0.5) is 5.69 Å². The molecule has 2 heterocycles. The Balaban J connectivity index is 1.39. The number of aliphatic hydroxyl groups is 1. The minimum absolute atomic E-state index is 0.252. The number of aliphatic imine (C=N–C) groups is 1. The number of ether oxygens (including phenoxy) is 1. The van der Waals surface area contributed by atoms with Crippen molar-refractivity contribution in [1.29, 1.82) is 0 Å². The summed E-state index contributed by atoms with van der Waals surface area (Å²) >= 11 is 6.46. The molecule has 9 heteroatoms. The molecule has 2 atom stereocenters. The van der Waals surface area contributed by atoms with Gasteiger partial charge in [-0.3, -0.25) is 9.89 Å². The Labute approximate surface area is 318 Å². The number of nitrogens with zero attached hydrogens (tertiary/aromatic N) is 3. The van der Waals surface area contributed by atoms with Crippen LogP contribution in [0.5, 0.6) is 0 Å². The lowest BCUT2D eigenvalue weighted by atomic mass is 9.79. The van der Waals surface area contributed by atoms with E-state index >= 15 is 0 Å². The van der Waals surface area contributed by atoms with Crippen LogP contribution in [0.2, 0.25) is 11.3 Å². The molecule has 0 bridgehead atoms. The van der Waals surface area contributed by atoms with Gasteiger partial charge in [-0.1, -0.05) is 91.2 Å². The van der Waals surface area contributed by atoms with Crippen LogP contribution >= 0.6 is 11.6 Å². The summed E-state index contributed by atoms with van der Waals surface area (Å²) in [6, 6.07) is 27.0. The number of hydrogen-bond donors (Lipinski definition) is 1. The van der Waals surface area contributed by atoms with Crippen LogP contribution in [-0.4, -0.2) is 84.2 Å². The predicted octanol–water partition coefficient (Wildman–Crippen LogP) is 9.22. The van der Waals surface area contributed by atoms with Crippen molar-refractivity contribution in [2.75, 3.05) is 37.6 Å². The highest BCUT2D eigenvalue weighted by atomic mass is 35.5. The Morgan fingerprint density at radius 2 is 1.40 bits per heavy atom. The van der Waals surface area contributed by atoms with Gasteiger partial charge in [0.2, 0.25) is 0 Å².